The Hall–Kier alpha value is -2.73. The molecule has 0 aliphatic heterocycles. The van der Waals surface area contributed by atoms with Crippen molar-refractivity contribution in [1.29, 1.82) is 0 Å². The lowest BCUT2D eigenvalue weighted by molar-refractivity contribution is -0.117. The first-order chi connectivity index (χ1) is 13.6. The third kappa shape index (κ3) is 5.16. The Balaban J connectivity index is 1.76. The van der Waals surface area contributed by atoms with Gasteiger partial charge in [0, 0.05) is 16.1 Å². The fourth-order valence-electron chi connectivity index (χ4n) is 2.70. The molecule has 3 aromatic rings. The molecule has 1 N–H and O–H groups in total. The van der Waals surface area contributed by atoms with E-state index in [0.717, 1.165) is 22.0 Å². The summed E-state index contributed by atoms with van der Waals surface area (Å²) in [6.07, 6.45) is 4.17. The van der Waals surface area contributed by atoms with E-state index in [9.17, 15) is 4.79 Å². The Morgan fingerprint density at radius 1 is 1.18 bits per heavy atom. The van der Waals surface area contributed by atoms with E-state index in [4.69, 9.17) is 4.52 Å². The van der Waals surface area contributed by atoms with Gasteiger partial charge in [0.15, 0.2) is 0 Å². The molecule has 144 valence electrons. The van der Waals surface area contributed by atoms with Crippen molar-refractivity contribution in [3.8, 4) is 11.4 Å². The van der Waals surface area contributed by atoms with Gasteiger partial charge in [-0.25, -0.2) is 0 Å². The molecular weight excluding hydrogens is 418 g/mol. The van der Waals surface area contributed by atoms with Gasteiger partial charge < -0.3 is 9.84 Å². The summed E-state index contributed by atoms with van der Waals surface area (Å²) in [6, 6.07) is 17.0. The van der Waals surface area contributed by atoms with Gasteiger partial charge in [-0.3, -0.25) is 4.79 Å². The van der Waals surface area contributed by atoms with Crippen LogP contribution in [0.15, 0.2) is 69.7 Å². The van der Waals surface area contributed by atoms with Crippen molar-refractivity contribution in [3.05, 3.63) is 76.6 Å². The Morgan fingerprint density at radius 2 is 1.89 bits per heavy atom. The van der Waals surface area contributed by atoms with E-state index in [1.165, 1.54) is 6.08 Å². The summed E-state index contributed by atoms with van der Waals surface area (Å²) in [4.78, 5) is 17.0. The molecule has 0 saturated heterocycles. The minimum atomic E-state index is -0.352. The van der Waals surface area contributed by atoms with E-state index in [1.807, 2.05) is 54.6 Å². The summed E-state index contributed by atoms with van der Waals surface area (Å²) in [5, 5.41) is 7.08. The van der Waals surface area contributed by atoms with Crippen LogP contribution in [0.5, 0.6) is 0 Å². The van der Waals surface area contributed by atoms with E-state index < -0.39 is 0 Å². The molecule has 1 heterocycles. The molecule has 0 unspecified atom stereocenters. The zero-order valence-electron chi connectivity index (χ0n) is 15.8. The lowest BCUT2D eigenvalue weighted by Gasteiger charge is -2.19. The van der Waals surface area contributed by atoms with Crippen LogP contribution < -0.4 is 5.32 Å². The fraction of sp³-hybridized carbons (Fsp3) is 0.227. The quantitative estimate of drug-likeness (QED) is 0.499. The predicted molar refractivity (Wildman–Crippen MR) is 113 cm³/mol. The molecule has 3 rings (SSSR count). The van der Waals surface area contributed by atoms with Crippen LogP contribution in [0.1, 0.15) is 37.8 Å². The molecule has 0 aliphatic carbocycles. The molecular formula is C22H22BrN3O2. The SMILES string of the molecule is CC[C@H](C)[C@H](NC(=O)/C=C/c1ccccc1)c1nc(-c2ccc(Br)cc2)no1. The first-order valence-electron chi connectivity index (χ1n) is 9.20. The zero-order chi connectivity index (χ0) is 19.9. The van der Waals surface area contributed by atoms with E-state index in [-0.39, 0.29) is 17.9 Å². The lowest BCUT2D eigenvalue weighted by Crippen LogP contribution is -2.31. The average Bonchev–Trinajstić information content (AvgIpc) is 3.21. The highest BCUT2D eigenvalue weighted by Gasteiger charge is 2.25. The molecule has 1 amide bonds. The van der Waals surface area contributed by atoms with Gasteiger partial charge >= 0.3 is 0 Å². The Morgan fingerprint density at radius 3 is 2.57 bits per heavy atom. The summed E-state index contributed by atoms with van der Waals surface area (Å²) in [5.41, 5.74) is 1.82. The minimum absolute atomic E-state index is 0.146. The molecule has 0 spiro atoms. The normalized spacial score (nSPS) is 13.4. The summed E-state index contributed by atoms with van der Waals surface area (Å²) in [6.45, 7) is 4.12. The number of benzene rings is 2. The van der Waals surface area contributed by atoms with Gasteiger partial charge in [-0.05, 0) is 41.8 Å². The maximum atomic E-state index is 12.4. The smallest absolute Gasteiger partial charge is 0.249 e. The molecule has 0 saturated carbocycles. The first kappa shape index (κ1) is 20.0. The highest BCUT2D eigenvalue weighted by molar-refractivity contribution is 9.10. The van der Waals surface area contributed by atoms with E-state index in [1.54, 1.807) is 6.08 Å². The number of carbonyl (C=O) groups excluding carboxylic acids is 1. The monoisotopic (exact) mass is 439 g/mol. The van der Waals surface area contributed by atoms with Gasteiger partial charge in [0.05, 0.1) is 0 Å². The number of nitrogens with one attached hydrogen (secondary N) is 1. The van der Waals surface area contributed by atoms with Crippen molar-refractivity contribution >= 4 is 27.9 Å². The van der Waals surface area contributed by atoms with Gasteiger partial charge in [0.2, 0.25) is 17.6 Å². The molecule has 6 heteroatoms. The maximum Gasteiger partial charge on any atom is 0.249 e. The highest BCUT2D eigenvalue weighted by Crippen LogP contribution is 2.26. The molecule has 0 radical (unpaired) electrons. The Bertz CT molecular complexity index is 936. The third-order valence-corrected chi connectivity index (χ3v) is 5.08. The number of halogens is 1. The van der Waals surface area contributed by atoms with E-state index in [2.05, 4.69) is 45.2 Å². The molecule has 5 nitrogen and oxygen atoms in total. The topological polar surface area (TPSA) is 68.0 Å². The van der Waals surface area contributed by atoms with Crippen molar-refractivity contribution < 1.29 is 9.32 Å². The van der Waals surface area contributed by atoms with Crippen LogP contribution in [0.2, 0.25) is 0 Å². The molecule has 0 fully saturated rings. The van der Waals surface area contributed by atoms with Crippen LogP contribution in [0.25, 0.3) is 17.5 Å². The summed E-state index contributed by atoms with van der Waals surface area (Å²) >= 11 is 3.42. The maximum absolute atomic E-state index is 12.4. The van der Waals surface area contributed by atoms with Crippen LogP contribution in [0.3, 0.4) is 0 Å². The highest BCUT2D eigenvalue weighted by atomic mass is 79.9. The van der Waals surface area contributed by atoms with Crippen molar-refractivity contribution in [1.82, 2.24) is 15.5 Å². The van der Waals surface area contributed by atoms with Crippen LogP contribution in [-0.2, 0) is 4.79 Å². The molecule has 2 atom stereocenters. The molecule has 0 aliphatic rings. The van der Waals surface area contributed by atoms with Gasteiger partial charge in [-0.2, -0.15) is 4.98 Å². The summed E-state index contributed by atoms with van der Waals surface area (Å²) in [7, 11) is 0. The number of hydrogen-bond donors (Lipinski definition) is 1. The van der Waals surface area contributed by atoms with Crippen molar-refractivity contribution in [3.63, 3.8) is 0 Å². The number of aromatic nitrogens is 2. The first-order valence-corrected chi connectivity index (χ1v) is 9.99. The molecule has 1 aromatic heterocycles. The van der Waals surface area contributed by atoms with Crippen LogP contribution in [0.4, 0.5) is 0 Å². The second kappa shape index (κ2) is 9.46. The largest absolute Gasteiger partial charge is 0.340 e. The molecule has 2 aromatic carbocycles. The fourth-order valence-corrected chi connectivity index (χ4v) is 2.96. The number of rotatable bonds is 7. The Labute approximate surface area is 173 Å². The van der Waals surface area contributed by atoms with Gasteiger partial charge in [-0.15, -0.1) is 0 Å². The van der Waals surface area contributed by atoms with Gasteiger partial charge in [0.25, 0.3) is 0 Å². The standard InChI is InChI=1S/C22H22BrN3O2/c1-3-15(2)20(24-19(27)14-9-16-7-5-4-6-8-16)22-25-21(26-28-22)17-10-12-18(23)13-11-17/h4-15,20H,3H2,1-2H3,(H,24,27)/b14-9+/t15-,20-/m0/s1. The number of nitrogens with zero attached hydrogens (tertiary/aromatic N) is 2. The number of hydrogen-bond acceptors (Lipinski definition) is 4. The van der Waals surface area contributed by atoms with Crippen molar-refractivity contribution in [2.45, 2.75) is 26.3 Å². The predicted octanol–water partition coefficient (Wildman–Crippen LogP) is 5.42. The van der Waals surface area contributed by atoms with E-state index in [0.29, 0.717) is 11.7 Å². The molecule has 28 heavy (non-hydrogen) atoms. The van der Waals surface area contributed by atoms with Crippen molar-refractivity contribution in [2.24, 2.45) is 5.92 Å². The van der Waals surface area contributed by atoms with Gasteiger partial charge in [-0.1, -0.05) is 71.7 Å². The zero-order valence-corrected chi connectivity index (χ0v) is 17.4. The average molecular weight is 440 g/mol. The summed E-state index contributed by atoms with van der Waals surface area (Å²) in [5.74, 6) is 0.864. The second-order valence-electron chi connectivity index (χ2n) is 6.58. The number of amides is 1. The second-order valence-corrected chi connectivity index (χ2v) is 7.49. The number of carbonyl (C=O) groups is 1. The minimum Gasteiger partial charge on any atom is -0.340 e. The summed E-state index contributed by atoms with van der Waals surface area (Å²) < 4.78 is 6.47. The molecule has 0 bridgehead atoms. The van der Waals surface area contributed by atoms with Gasteiger partial charge in [0.1, 0.15) is 6.04 Å². The van der Waals surface area contributed by atoms with Crippen molar-refractivity contribution in [2.75, 3.05) is 0 Å². The Kier molecular flexibility index (Phi) is 6.76. The van der Waals surface area contributed by atoms with Crippen LogP contribution >= 0.6 is 15.9 Å². The lowest BCUT2D eigenvalue weighted by atomic mass is 9.99. The van der Waals surface area contributed by atoms with E-state index >= 15 is 0 Å². The van der Waals surface area contributed by atoms with Crippen LogP contribution in [-0.4, -0.2) is 16.0 Å². The third-order valence-electron chi connectivity index (χ3n) is 4.55. The van der Waals surface area contributed by atoms with Crippen LogP contribution in [0, 0.1) is 5.92 Å².